The van der Waals surface area contributed by atoms with Crippen LogP contribution in [0.15, 0.2) is 27.7 Å². The van der Waals surface area contributed by atoms with Gasteiger partial charge in [0.2, 0.25) is 10.0 Å². The molecule has 0 aliphatic carbocycles. The molecule has 17 heavy (non-hydrogen) atoms. The molecule has 92 valence electrons. The summed E-state index contributed by atoms with van der Waals surface area (Å²) >= 11 is 0. The molecule has 6 nitrogen and oxygen atoms in total. The number of benzene rings is 1. The van der Waals surface area contributed by atoms with E-state index in [1.54, 1.807) is 12.1 Å². The first kappa shape index (κ1) is 12.0. The van der Waals surface area contributed by atoms with E-state index in [4.69, 9.17) is 0 Å². The minimum absolute atomic E-state index is 0.0944. The number of hydrogen-bond donors (Lipinski definition) is 1. The molecule has 0 spiro atoms. The number of hydrogen-bond acceptors (Lipinski definition) is 5. The van der Waals surface area contributed by atoms with E-state index in [9.17, 15) is 8.42 Å². The number of fused-ring (bicyclic) bond motifs is 1. The van der Waals surface area contributed by atoms with Crippen molar-refractivity contribution in [3.63, 3.8) is 0 Å². The van der Waals surface area contributed by atoms with Gasteiger partial charge in [0, 0.05) is 6.54 Å². The van der Waals surface area contributed by atoms with Crippen LogP contribution in [0.1, 0.15) is 13.8 Å². The first-order chi connectivity index (χ1) is 8.00. The molecule has 7 heteroatoms. The fraction of sp³-hybridized carbons (Fsp3) is 0.400. The standard InChI is InChI=1S/C10H13N3O3S/c1-7(2)6-11-17(14,15)9-5-3-4-8-10(9)13-16-12-8/h3-5,7,11H,6H2,1-2H3. The van der Waals surface area contributed by atoms with Crippen molar-refractivity contribution in [2.45, 2.75) is 18.7 Å². The van der Waals surface area contributed by atoms with E-state index in [1.165, 1.54) is 6.07 Å². The quantitative estimate of drug-likeness (QED) is 0.886. The first-order valence-corrected chi connectivity index (χ1v) is 6.70. The Kier molecular flexibility index (Phi) is 3.12. The second kappa shape index (κ2) is 4.42. The van der Waals surface area contributed by atoms with Gasteiger partial charge in [0.1, 0.15) is 10.4 Å². The Morgan fingerprint density at radius 3 is 2.82 bits per heavy atom. The fourth-order valence-corrected chi connectivity index (χ4v) is 2.71. The maximum atomic E-state index is 12.0. The predicted octanol–water partition coefficient (Wildman–Crippen LogP) is 1.16. The summed E-state index contributed by atoms with van der Waals surface area (Å²) in [5.74, 6) is 0.236. The lowest BCUT2D eigenvalue weighted by molar-refractivity contribution is 0.315. The molecule has 0 aliphatic heterocycles. The highest BCUT2D eigenvalue weighted by atomic mass is 32.2. The van der Waals surface area contributed by atoms with Gasteiger partial charge in [-0.2, -0.15) is 0 Å². The van der Waals surface area contributed by atoms with Crippen LogP contribution in [0.5, 0.6) is 0 Å². The molecule has 0 fully saturated rings. The van der Waals surface area contributed by atoms with Crippen LogP contribution in [0.3, 0.4) is 0 Å². The van der Waals surface area contributed by atoms with Gasteiger partial charge in [-0.3, -0.25) is 0 Å². The fourth-order valence-electron chi connectivity index (χ4n) is 1.35. The molecule has 1 aromatic heterocycles. The molecule has 0 unspecified atom stereocenters. The van der Waals surface area contributed by atoms with Crippen LogP contribution in [0.2, 0.25) is 0 Å². The molecule has 1 aromatic carbocycles. The summed E-state index contributed by atoms with van der Waals surface area (Å²) in [6, 6.07) is 4.74. The Bertz CT molecular complexity index is 619. The van der Waals surface area contributed by atoms with Crippen LogP contribution in [-0.4, -0.2) is 25.3 Å². The van der Waals surface area contributed by atoms with E-state index in [-0.39, 0.29) is 16.3 Å². The van der Waals surface area contributed by atoms with Gasteiger partial charge in [0.15, 0.2) is 5.52 Å². The Balaban J connectivity index is 2.42. The Labute approximate surface area is 99.0 Å². The molecule has 2 rings (SSSR count). The second-order valence-corrected chi connectivity index (χ2v) is 5.87. The highest BCUT2D eigenvalue weighted by molar-refractivity contribution is 7.89. The third-order valence-electron chi connectivity index (χ3n) is 2.22. The van der Waals surface area contributed by atoms with Gasteiger partial charge in [0.25, 0.3) is 0 Å². The summed E-state index contributed by atoms with van der Waals surface area (Å²) in [7, 11) is -3.56. The van der Waals surface area contributed by atoms with E-state index in [0.717, 1.165) is 0 Å². The summed E-state index contributed by atoms with van der Waals surface area (Å²) in [6.45, 7) is 4.24. The van der Waals surface area contributed by atoms with E-state index < -0.39 is 10.0 Å². The molecule has 0 aliphatic rings. The first-order valence-electron chi connectivity index (χ1n) is 5.21. The Morgan fingerprint density at radius 2 is 2.12 bits per heavy atom. The highest BCUT2D eigenvalue weighted by Gasteiger charge is 2.19. The van der Waals surface area contributed by atoms with Crippen LogP contribution < -0.4 is 4.72 Å². The summed E-state index contributed by atoms with van der Waals surface area (Å²) < 4.78 is 31.1. The van der Waals surface area contributed by atoms with Gasteiger partial charge in [-0.1, -0.05) is 19.9 Å². The van der Waals surface area contributed by atoms with Gasteiger partial charge in [-0.15, -0.1) is 0 Å². The molecule has 0 radical (unpaired) electrons. The lowest BCUT2D eigenvalue weighted by atomic mass is 10.2. The molecule has 2 aromatic rings. The van der Waals surface area contributed by atoms with Crippen molar-refractivity contribution in [3.8, 4) is 0 Å². The Morgan fingerprint density at radius 1 is 1.35 bits per heavy atom. The second-order valence-electron chi connectivity index (χ2n) is 4.13. The topological polar surface area (TPSA) is 85.1 Å². The van der Waals surface area contributed by atoms with Crippen molar-refractivity contribution in [2.24, 2.45) is 5.92 Å². The largest absolute Gasteiger partial charge is 0.243 e. The smallest absolute Gasteiger partial charge is 0.242 e. The van der Waals surface area contributed by atoms with Crippen molar-refractivity contribution in [1.29, 1.82) is 0 Å². The predicted molar refractivity (Wildman–Crippen MR) is 61.8 cm³/mol. The zero-order chi connectivity index (χ0) is 12.5. The molecule has 0 amide bonds. The zero-order valence-electron chi connectivity index (χ0n) is 9.54. The summed E-state index contributed by atoms with van der Waals surface area (Å²) in [5, 5.41) is 7.22. The van der Waals surface area contributed by atoms with Crippen molar-refractivity contribution < 1.29 is 13.0 Å². The maximum absolute atomic E-state index is 12.0. The zero-order valence-corrected chi connectivity index (χ0v) is 10.4. The normalized spacial score (nSPS) is 12.4. The lowest BCUT2D eigenvalue weighted by Crippen LogP contribution is -2.27. The number of nitrogens with zero attached hydrogens (tertiary/aromatic N) is 2. The van der Waals surface area contributed by atoms with Crippen LogP contribution in [-0.2, 0) is 10.0 Å². The van der Waals surface area contributed by atoms with Crippen LogP contribution in [0.4, 0.5) is 0 Å². The molecular formula is C10H13N3O3S. The van der Waals surface area contributed by atoms with E-state index in [2.05, 4.69) is 19.7 Å². The van der Waals surface area contributed by atoms with Crippen LogP contribution in [0, 0.1) is 5.92 Å². The molecule has 0 saturated carbocycles. The average Bonchev–Trinajstić information content (AvgIpc) is 2.74. The average molecular weight is 255 g/mol. The van der Waals surface area contributed by atoms with Gasteiger partial charge in [0.05, 0.1) is 0 Å². The molecule has 0 atom stereocenters. The minimum atomic E-state index is -3.56. The third kappa shape index (κ3) is 2.45. The van der Waals surface area contributed by atoms with Gasteiger partial charge in [-0.25, -0.2) is 17.8 Å². The van der Waals surface area contributed by atoms with Crippen molar-refractivity contribution in [1.82, 2.24) is 15.0 Å². The van der Waals surface area contributed by atoms with Crippen molar-refractivity contribution >= 4 is 21.1 Å². The van der Waals surface area contributed by atoms with Crippen molar-refractivity contribution in [3.05, 3.63) is 18.2 Å². The minimum Gasteiger partial charge on any atom is -0.243 e. The maximum Gasteiger partial charge on any atom is 0.242 e. The molecule has 1 heterocycles. The molecule has 1 N–H and O–H groups in total. The molecule has 0 bridgehead atoms. The van der Waals surface area contributed by atoms with E-state index in [0.29, 0.717) is 12.1 Å². The number of aromatic nitrogens is 2. The van der Waals surface area contributed by atoms with Gasteiger partial charge in [-0.05, 0) is 28.4 Å². The van der Waals surface area contributed by atoms with Crippen molar-refractivity contribution in [2.75, 3.05) is 6.54 Å². The number of sulfonamides is 1. The SMILES string of the molecule is CC(C)CNS(=O)(=O)c1cccc2nonc12. The summed E-state index contributed by atoms with van der Waals surface area (Å²) in [5.41, 5.74) is 0.682. The molecular weight excluding hydrogens is 242 g/mol. The van der Waals surface area contributed by atoms with E-state index >= 15 is 0 Å². The van der Waals surface area contributed by atoms with Crippen LogP contribution >= 0.6 is 0 Å². The monoisotopic (exact) mass is 255 g/mol. The lowest BCUT2D eigenvalue weighted by Gasteiger charge is -2.08. The van der Waals surface area contributed by atoms with Crippen LogP contribution in [0.25, 0.3) is 11.0 Å². The third-order valence-corrected chi connectivity index (χ3v) is 3.68. The summed E-state index contributed by atoms with van der Waals surface area (Å²) in [6.07, 6.45) is 0. The number of rotatable bonds is 4. The van der Waals surface area contributed by atoms with Gasteiger partial charge < -0.3 is 0 Å². The van der Waals surface area contributed by atoms with Gasteiger partial charge >= 0.3 is 0 Å². The molecule has 0 saturated heterocycles. The number of nitrogens with one attached hydrogen (secondary N) is 1. The summed E-state index contributed by atoms with van der Waals surface area (Å²) in [4.78, 5) is 0.0944. The van der Waals surface area contributed by atoms with E-state index in [1.807, 2.05) is 13.8 Å². The highest BCUT2D eigenvalue weighted by Crippen LogP contribution is 2.19. The Hall–Kier alpha value is -1.47.